The van der Waals surface area contributed by atoms with Crippen molar-refractivity contribution in [3.63, 3.8) is 0 Å². The second-order valence-electron chi connectivity index (χ2n) is 5.45. The molecule has 2 rings (SSSR count). The first-order valence-corrected chi connectivity index (χ1v) is 9.12. The van der Waals surface area contributed by atoms with E-state index in [0.29, 0.717) is 46.2 Å². The van der Waals surface area contributed by atoms with E-state index in [9.17, 15) is 10.1 Å². The molecular weight excluding hydrogens is 398 g/mol. The van der Waals surface area contributed by atoms with Gasteiger partial charge in [0.15, 0.2) is 6.29 Å². The Labute approximate surface area is 161 Å². The number of benzene rings is 1. The number of halogens is 1. The van der Waals surface area contributed by atoms with Gasteiger partial charge in [-0.25, -0.2) is 0 Å². The lowest BCUT2D eigenvalue weighted by atomic mass is 10.2. The Bertz CT molecular complexity index is 790. The fourth-order valence-electron chi connectivity index (χ4n) is 2.11. The first-order valence-electron chi connectivity index (χ1n) is 8.33. The van der Waals surface area contributed by atoms with Crippen LogP contribution in [-0.4, -0.2) is 31.0 Å². The molecule has 0 aliphatic rings. The third-order valence-electron chi connectivity index (χ3n) is 3.49. The van der Waals surface area contributed by atoms with Crippen LogP contribution < -0.4 is 10.1 Å². The molecule has 0 atom stereocenters. The smallest absolute Gasteiger partial charge is 0.221 e. The average molecular weight is 418 g/mol. The topological polar surface area (TPSA) is 84.2 Å². The van der Waals surface area contributed by atoms with Crippen LogP contribution in [0.2, 0.25) is 0 Å². The molecule has 7 heteroatoms. The van der Waals surface area contributed by atoms with Crippen LogP contribution in [0.25, 0.3) is 0 Å². The van der Waals surface area contributed by atoms with Crippen molar-refractivity contribution in [1.29, 1.82) is 5.26 Å². The van der Waals surface area contributed by atoms with Crippen LogP contribution in [0.15, 0.2) is 34.8 Å². The Balaban J connectivity index is 2.04. The van der Waals surface area contributed by atoms with E-state index in [0.717, 1.165) is 25.7 Å². The zero-order valence-electron chi connectivity index (χ0n) is 14.5. The first kappa shape index (κ1) is 19.9. The number of nitriles is 1. The fourth-order valence-corrected chi connectivity index (χ4v) is 2.45. The van der Waals surface area contributed by atoms with E-state index < -0.39 is 0 Å². The lowest BCUT2D eigenvalue weighted by Crippen LogP contribution is -2.12. The van der Waals surface area contributed by atoms with Gasteiger partial charge in [0.1, 0.15) is 17.6 Å². The summed E-state index contributed by atoms with van der Waals surface area (Å²) >= 11 is 3.30. The molecule has 0 spiro atoms. The third-order valence-corrected chi connectivity index (χ3v) is 4.21. The van der Waals surface area contributed by atoms with Crippen LogP contribution in [0.3, 0.4) is 0 Å². The van der Waals surface area contributed by atoms with Crippen molar-refractivity contribution in [1.82, 2.24) is 4.98 Å². The highest BCUT2D eigenvalue weighted by molar-refractivity contribution is 9.10. The van der Waals surface area contributed by atoms with Crippen molar-refractivity contribution < 1.29 is 14.3 Å². The molecule has 0 aliphatic carbocycles. The quantitative estimate of drug-likeness (QED) is 0.450. The molecule has 0 unspecified atom stereocenters. The number of anilines is 1. The van der Waals surface area contributed by atoms with Crippen molar-refractivity contribution >= 4 is 28.0 Å². The van der Waals surface area contributed by atoms with E-state index >= 15 is 0 Å². The predicted molar refractivity (Wildman–Crippen MR) is 103 cm³/mol. The van der Waals surface area contributed by atoms with Crippen molar-refractivity contribution in [3.05, 3.63) is 45.9 Å². The zero-order valence-corrected chi connectivity index (χ0v) is 16.1. The number of carbonyl (C=O) groups is 1. The average Bonchev–Trinajstić information content (AvgIpc) is 2.66. The Morgan fingerprint density at radius 3 is 2.88 bits per heavy atom. The van der Waals surface area contributed by atoms with Crippen LogP contribution >= 0.6 is 15.9 Å². The van der Waals surface area contributed by atoms with E-state index in [4.69, 9.17) is 9.47 Å². The van der Waals surface area contributed by atoms with Gasteiger partial charge in [0.25, 0.3) is 0 Å². The molecule has 26 heavy (non-hydrogen) atoms. The van der Waals surface area contributed by atoms with Gasteiger partial charge in [-0.15, -0.1) is 0 Å². The summed E-state index contributed by atoms with van der Waals surface area (Å²) in [6.45, 7) is 3.91. The molecular formula is C19H20BrN3O3. The summed E-state index contributed by atoms with van der Waals surface area (Å²) in [5.74, 6) is 1.26. The third kappa shape index (κ3) is 5.83. The van der Waals surface area contributed by atoms with Crippen molar-refractivity contribution in [2.75, 3.05) is 25.1 Å². The number of hydrogen-bond acceptors (Lipinski definition) is 6. The molecule has 0 saturated carbocycles. The molecule has 6 nitrogen and oxygen atoms in total. The minimum absolute atomic E-state index is 0.331. The lowest BCUT2D eigenvalue weighted by Gasteiger charge is -2.11. The van der Waals surface area contributed by atoms with E-state index in [-0.39, 0.29) is 0 Å². The molecule has 0 amide bonds. The van der Waals surface area contributed by atoms with Crippen LogP contribution in [0.5, 0.6) is 11.6 Å². The SMILES string of the molecule is CCCCOCCNc1nc(Oc2ccc(Br)c(C=O)c2)ccc1C#N. The van der Waals surface area contributed by atoms with E-state index in [1.54, 1.807) is 30.3 Å². The Morgan fingerprint density at radius 2 is 2.15 bits per heavy atom. The second-order valence-corrected chi connectivity index (χ2v) is 6.31. The number of aldehydes is 1. The van der Waals surface area contributed by atoms with E-state index in [1.165, 1.54) is 0 Å². The van der Waals surface area contributed by atoms with Gasteiger partial charge in [-0.2, -0.15) is 10.2 Å². The molecule has 0 radical (unpaired) electrons. The number of unbranched alkanes of at least 4 members (excludes halogenated alkanes) is 1. The Morgan fingerprint density at radius 1 is 1.31 bits per heavy atom. The Kier molecular flexibility index (Phi) is 8.06. The van der Waals surface area contributed by atoms with Gasteiger partial charge in [-0.05, 0) is 30.7 Å². The van der Waals surface area contributed by atoms with Gasteiger partial charge in [-0.1, -0.05) is 29.3 Å². The molecule has 0 fully saturated rings. The summed E-state index contributed by atoms with van der Waals surface area (Å²) < 4.78 is 11.9. The number of pyridine rings is 1. The highest BCUT2D eigenvalue weighted by atomic mass is 79.9. The molecule has 1 aromatic carbocycles. The second kappa shape index (κ2) is 10.5. The summed E-state index contributed by atoms with van der Waals surface area (Å²) in [6.07, 6.45) is 2.87. The number of aromatic nitrogens is 1. The molecule has 0 bridgehead atoms. The number of nitrogens with zero attached hydrogens (tertiary/aromatic N) is 2. The van der Waals surface area contributed by atoms with Gasteiger partial charge >= 0.3 is 0 Å². The molecule has 136 valence electrons. The predicted octanol–water partition coefficient (Wildman–Crippen LogP) is 4.55. The standard InChI is InChI=1S/C19H20BrN3O3/c1-2-3-9-25-10-8-22-19-14(12-21)4-7-18(23-19)26-16-5-6-17(20)15(11-16)13-24/h4-7,11,13H,2-3,8-10H2,1H3,(H,22,23). The van der Waals surface area contributed by atoms with Crippen molar-refractivity contribution in [2.45, 2.75) is 19.8 Å². The largest absolute Gasteiger partial charge is 0.439 e. The highest BCUT2D eigenvalue weighted by Crippen LogP contribution is 2.26. The molecule has 1 aromatic heterocycles. The number of carbonyl (C=O) groups excluding carboxylic acids is 1. The molecule has 0 aliphatic heterocycles. The van der Waals surface area contributed by atoms with E-state index in [2.05, 4.69) is 39.2 Å². The molecule has 2 aromatic rings. The van der Waals surface area contributed by atoms with Gasteiger partial charge in [-0.3, -0.25) is 4.79 Å². The minimum atomic E-state index is 0.331. The number of ether oxygens (including phenoxy) is 2. The van der Waals surface area contributed by atoms with Crippen molar-refractivity contribution in [2.24, 2.45) is 0 Å². The maximum atomic E-state index is 11.0. The summed E-state index contributed by atoms with van der Waals surface area (Å²) in [5, 5.41) is 12.3. The first-order chi connectivity index (χ1) is 12.7. The van der Waals surface area contributed by atoms with Gasteiger partial charge < -0.3 is 14.8 Å². The molecule has 1 heterocycles. The zero-order chi connectivity index (χ0) is 18.8. The van der Waals surface area contributed by atoms with E-state index in [1.807, 2.05) is 0 Å². The van der Waals surface area contributed by atoms with Gasteiger partial charge in [0.2, 0.25) is 5.88 Å². The fraction of sp³-hybridized carbons (Fsp3) is 0.316. The summed E-state index contributed by atoms with van der Waals surface area (Å²) in [4.78, 5) is 15.4. The molecule has 0 saturated heterocycles. The highest BCUT2D eigenvalue weighted by Gasteiger charge is 2.08. The van der Waals surface area contributed by atoms with Crippen molar-refractivity contribution in [3.8, 4) is 17.7 Å². The number of nitrogens with one attached hydrogen (secondary N) is 1. The van der Waals surface area contributed by atoms with Gasteiger partial charge in [0.05, 0.1) is 12.2 Å². The minimum Gasteiger partial charge on any atom is -0.439 e. The van der Waals surface area contributed by atoms with Crippen LogP contribution in [0.4, 0.5) is 5.82 Å². The van der Waals surface area contributed by atoms with Crippen LogP contribution in [0, 0.1) is 11.3 Å². The summed E-state index contributed by atoms with van der Waals surface area (Å²) in [6, 6.07) is 10.4. The summed E-state index contributed by atoms with van der Waals surface area (Å²) in [7, 11) is 0. The lowest BCUT2D eigenvalue weighted by molar-refractivity contribution is 0.112. The number of rotatable bonds is 10. The van der Waals surface area contributed by atoms with Crippen LogP contribution in [-0.2, 0) is 4.74 Å². The Hall–Kier alpha value is -2.43. The van der Waals surface area contributed by atoms with Gasteiger partial charge in [0, 0.05) is 29.3 Å². The number of hydrogen-bond donors (Lipinski definition) is 1. The summed E-state index contributed by atoms with van der Waals surface area (Å²) in [5.41, 5.74) is 0.911. The van der Waals surface area contributed by atoms with Crippen LogP contribution in [0.1, 0.15) is 35.7 Å². The monoisotopic (exact) mass is 417 g/mol. The normalized spacial score (nSPS) is 10.2. The maximum Gasteiger partial charge on any atom is 0.221 e. The molecule has 1 N–H and O–H groups in total. The maximum absolute atomic E-state index is 11.0.